The van der Waals surface area contributed by atoms with Gasteiger partial charge in [-0.1, -0.05) is 35.3 Å². The Kier molecular flexibility index (Phi) is 3.94. The van der Waals surface area contributed by atoms with Crippen LogP contribution >= 0.6 is 34.5 Å². The zero-order valence-electron chi connectivity index (χ0n) is 10.5. The van der Waals surface area contributed by atoms with Gasteiger partial charge in [0.05, 0.1) is 20.3 Å². The van der Waals surface area contributed by atoms with Crippen molar-refractivity contribution >= 4 is 44.8 Å². The summed E-state index contributed by atoms with van der Waals surface area (Å²) < 4.78 is 1.15. The lowest BCUT2D eigenvalue weighted by Gasteiger charge is -2.13. The average Bonchev–Trinajstić information content (AvgIpc) is 2.91. The van der Waals surface area contributed by atoms with E-state index in [1.807, 2.05) is 29.8 Å². The first-order chi connectivity index (χ1) is 9.65. The number of aromatic nitrogens is 1. The van der Waals surface area contributed by atoms with Crippen LogP contribution in [0.4, 0.5) is 0 Å². The third-order valence-electron chi connectivity index (χ3n) is 3.22. The number of benzene rings is 1. The Morgan fingerprint density at radius 1 is 1.25 bits per heavy atom. The van der Waals surface area contributed by atoms with Gasteiger partial charge in [0.25, 0.3) is 0 Å². The number of nitrogens with two attached hydrogens (primary N) is 1. The highest BCUT2D eigenvalue weighted by Gasteiger charge is 2.12. The lowest BCUT2D eigenvalue weighted by molar-refractivity contribution is 0.720. The minimum atomic E-state index is -0.148. The second kappa shape index (κ2) is 5.70. The monoisotopic (exact) mass is 322 g/mol. The molecule has 1 atom stereocenters. The van der Waals surface area contributed by atoms with Gasteiger partial charge in [-0.2, -0.15) is 0 Å². The highest BCUT2D eigenvalue weighted by molar-refractivity contribution is 7.17. The van der Waals surface area contributed by atoms with E-state index in [0.717, 1.165) is 21.3 Å². The van der Waals surface area contributed by atoms with Crippen LogP contribution in [0.1, 0.15) is 17.2 Å². The molecule has 0 bridgehead atoms. The molecule has 3 aromatic rings. The highest BCUT2D eigenvalue weighted by Crippen LogP contribution is 2.29. The van der Waals surface area contributed by atoms with Gasteiger partial charge in [-0.05, 0) is 41.1 Å². The third kappa shape index (κ3) is 2.67. The summed E-state index contributed by atoms with van der Waals surface area (Å²) >= 11 is 13.9. The van der Waals surface area contributed by atoms with Crippen LogP contribution in [-0.4, -0.2) is 4.98 Å². The summed E-state index contributed by atoms with van der Waals surface area (Å²) in [5.74, 6) is 0. The minimum Gasteiger partial charge on any atom is -0.324 e. The molecule has 0 saturated carbocycles. The fourth-order valence-corrected chi connectivity index (χ4v) is 3.31. The second-order valence-electron chi connectivity index (χ2n) is 4.60. The van der Waals surface area contributed by atoms with E-state index in [1.165, 1.54) is 0 Å². The molecule has 0 aliphatic rings. The van der Waals surface area contributed by atoms with E-state index in [9.17, 15) is 0 Å². The number of rotatable bonds is 3. The number of thiophene rings is 1. The molecular weight excluding hydrogens is 311 g/mol. The molecule has 5 heteroatoms. The largest absolute Gasteiger partial charge is 0.324 e. The summed E-state index contributed by atoms with van der Waals surface area (Å²) in [4.78, 5) is 4.42. The Morgan fingerprint density at radius 2 is 2.10 bits per heavy atom. The normalized spacial score (nSPS) is 12.8. The van der Waals surface area contributed by atoms with Crippen molar-refractivity contribution in [2.24, 2.45) is 5.73 Å². The van der Waals surface area contributed by atoms with Crippen molar-refractivity contribution in [3.63, 3.8) is 0 Å². The summed E-state index contributed by atoms with van der Waals surface area (Å²) in [6, 6.07) is 9.56. The number of hydrogen-bond acceptors (Lipinski definition) is 3. The van der Waals surface area contributed by atoms with E-state index in [4.69, 9.17) is 28.9 Å². The van der Waals surface area contributed by atoms with Crippen molar-refractivity contribution in [1.82, 2.24) is 4.98 Å². The van der Waals surface area contributed by atoms with Crippen LogP contribution in [-0.2, 0) is 6.42 Å². The lowest BCUT2D eigenvalue weighted by atomic mass is 10.0. The summed E-state index contributed by atoms with van der Waals surface area (Å²) in [7, 11) is 0. The van der Waals surface area contributed by atoms with E-state index < -0.39 is 0 Å². The molecule has 0 aliphatic carbocycles. The van der Waals surface area contributed by atoms with Crippen LogP contribution in [0.25, 0.3) is 10.2 Å². The maximum atomic E-state index is 6.27. The number of hydrogen-bond donors (Lipinski definition) is 1. The van der Waals surface area contributed by atoms with Gasteiger partial charge in [0, 0.05) is 12.2 Å². The molecule has 20 heavy (non-hydrogen) atoms. The van der Waals surface area contributed by atoms with Crippen LogP contribution in [0.15, 0.2) is 41.9 Å². The molecule has 0 fully saturated rings. The SMILES string of the molecule is NC(Cc1cccc(Cl)c1Cl)c1cnc2ccsc2c1. The average molecular weight is 323 g/mol. The molecule has 0 aliphatic heterocycles. The smallest absolute Gasteiger partial charge is 0.0809 e. The molecule has 102 valence electrons. The van der Waals surface area contributed by atoms with Crippen molar-refractivity contribution in [2.45, 2.75) is 12.5 Å². The molecule has 0 amide bonds. The number of halogens is 2. The fraction of sp³-hybridized carbons (Fsp3) is 0.133. The van der Waals surface area contributed by atoms with E-state index in [1.54, 1.807) is 17.4 Å². The molecular formula is C15H12Cl2N2S. The van der Waals surface area contributed by atoms with E-state index in [2.05, 4.69) is 11.1 Å². The number of pyridine rings is 1. The van der Waals surface area contributed by atoms with Gasteiger partial charge in [0.2, 0.25) is 0 Å². The van der Waals surface area contributed by atoms with Gasteiger partial charge in [-0.3, -0.25) is 4.98 Å². The second-order valence-corrected chi connectivity index (χ2v) is 6.33. The first-order valence-corrected chi connectivity index (χ1v) is 7.80. The van der Waals surface area contributed by atoms with Crippen LogP contribution in [0.5, 0.6) is 0 Å². The predicted octanol–water partition coefficient (Wildman–Crippen LogP) is 4.85. The van der Waals surface area contributed by atoms with E-state index in [0.29, 0.717) is 16.5 Å². The number of fused-ring (bicyclic) bond motifs is 1. The van der Waals surface area contributed by atoms with Crippen molar-refractivity contribution in [2.75, 3.05) is 0 Å². The first-order valence-electron chi connectivity index (χ1n) is 6.17. The van der Waals surface area contributed by atoms with Gasteiger partial charge in [-0.15, -0.1) is 11.3 Å². The Hall–Kier alpha value is -1.13. The quantitative estimate of drug-likeness (QED) is 0.748. The van der Waals surface area contributed by atoms with Gasteiger partial charge in [-0.25, -0.2) is 0 Å². The molecule has 0 radical (unpaired) electrons. The van der Waals surface area contributed by atoms with Crippen LogP contribution < -0.4 is 5.73 Å². The molecule has 1 aromatic carbocycles. The van der Waals surface area contributed by atoms with Gasteiger partial charge >= 0.3 is 0 Å². The van der Waals surface area contributed by atoms with Crippen molar-refractivity contribution in [1.29, 1.82) is 0 Å². The molecule has 1 unspecified atom stereocenters. The predicted molar refractivity (Wildman–Crippen MR) is 86.7 cm³/mol. The van der Waals surface area contributed by atoms with Crippen molar-refractivity contribution < 1.29 is 0 Å². The zero-order chi connectivity index (χ0) is 14.1. The summed E-state index contributed by atoms with van der Waals surface area (Å²) in [5, 5.41) is 3.17. The standard InChI is InChI=1S/C15H12Cl2N2S/c16-11-3-1-2-9(15(11)17)6-12(18)10-7-14-13(19-8-10)4-5-20-14/h1-5,7-8,12H,6,18H2. The van der Waals surface area contributed by atoms with E-state index >= 15 is 0 Å². The first kappa shape index (κ1) is 13.8. The molecule has 0 saturated heterocycles. The molecule has 3 rings (SSSR count). The Morgan fingerprint density at radius 3 is 2.95 bits per heavy atom. The van der Waals surface area contributed by atoms with Gasteiger partial charge in [0.1, 0.15) is 0 Å². The molecule has 0 spiro atoms. The maximum absolute atomic E-state index is 6.27. The summed E-state index contributed by atoms with van der Waals surface area (Å²) in [6.07, 6.45) is 2.47. The van der Waals surface area contributed by atoms with Crippen molar-refractivity contribution in [3.8, 4) is 0 Å². The Balaban J connectivity index is 1.88. The van der Waals surface area contributed by atoms with Crippen molar-refractivity contribution in [3.05, 3.63) is 63.1 Å². The maximum Gasteiger partial charge on any atom is 0.0809 e. The van der Waals surface area contributed by atoms with Crippen LogP contribution in [0, 0.1) is 0 Å². The number of nitrogens with zero attached hydrogens (tertiary/aromatic N) is 1. The highest BCUT2D eigenvalue weighted by atomic mass is 35.5. The summed E-state index contributed by atoms with van der Waals surface area (Å²) in [6.45, 7) is 0. The van der Waals surface area contributed by atoms with Gasteiger partial charge < -0.3 is 5.73 Å². The molecule has 2 nitrogen and oxygen atoms in total. The Bertz CT molecular complexity index is 754. The fourth-order valence-electron chi connectivity index (χ4n) is 2.13. The lowest BCUT2D eigenvalue weighted by Crippen LogP contribution is -2.13. The summed E-state index contributed by atoms with van der Waals surface area (Å²) in [5.41, 5.74) is 9.24. The van der Waals surface area contributed by atoms with E-state index in [-0.39, 0.29) is 6.04 Å². The molecule has 2 aromatic heterocycles. The molecule has 2 N–H and O–H groups in total. The Labute approximate surface area is 131 Å². The van der Waals surface area contributed by atoms with Crippen LogP contribution in [0.3, 0.4) is 0 Å². The topological polar surface area (TPSA) is 38.9 Å². The zero-order valence-corrected chi connectivity index (χ0v) is 12.8. The molecule has 2 heterocycles. The third-order valence-corrected chi connectivity index (χ3v) is 4.93. The van der Waals surface area contributed by atoms with Gasteiger partial charge in [0.15, 0.2) is 0 Å². The van der Waals surface area contributed by atoms with Crippen LogP contribution in [0.2, 0.25) is 10.0 Å². The minimum absolute atomic E-state index is 0.148.